The number of nitrogens with one attached hydrogen (secondary N) is 1. The highest BCUT2D eigenvalue weighted by Gasteiger charge is 2.17. The van der Waals surface area contributed by atoms with Gasteiger partial charge in [-0.1, -0.05) is 0 Å². The van der Waals surface area contributed by atoms with E-state index in [0.717, 1.165) is 41.8 Å². The topological polar surface area (TPSA) is 45.2 Å². The summed E-state index contributed by atoms with van der Waals surface area (Å²) in [6, 6.07) is 5.83. The zero-order chi connectivity index (χ0) is 11.7. The lowest BCUT2D eigenvalue weighted by molar-refractivity contribution is 0.222. The van der Waals surface area contributed by atoms with Crippen molar-refractivity contribution in [3.8, 4) is 0 Å². The summed E-state index contributed by atoms with van der Waals surface area (Å²) < 4.78 is 1.14. The molecular formula is C12H13N3OS. The maximum Gasteiger partial charge on any atom is 0.321 e. The van der Waals surface area contributed by atoms with Gasteiger partial charge in [-0.05, 0) is 31.0 Å². The number of fused-ring (bicyclic) bond motifs is 1. The first-order valence-electron chi connectivity index (χ1n) is 5.72. The quantitative estimate of drug-likeness (QED) is 0.842. The van der Waals surface area contributed by atoms with E-state index in [0.29, 0.717) is 0 Å². The highest BCUT2D eigenvalue weighted by atomic mass is 32.1. The average molecular weight is 247 g/mol. The van der Waals surface area contributed by atoms with Crippen LogP contribution >= 0.6 is 11.3 Å². The maximum absolute atomic E-state index is 11.9. The van der Waals surface area contributed by atoms with Crippen molar-refractivity contribution in [2.75, 3.05) is 18.4 Å². The van der Waals surface area contributed by atoms with Crippen LogP contribution in [-0.4, -0.2) is 29.0 Å². The number of hydrogen-bond acceptors (Lipinski definition) is 3. The van der Waals surface area contributed by atoms with Crippen molar-refractivity contribution in [2.45, 2.75) is 12.8 Å². The number of carbonyl (C=O) groups excluding carboxylic acids is 1. The van der Waals surface area contributed by atoms with Gasteiger partial charge in [0.2, 0.25) is 0 Å². The third-order valence-electron chi connectivity index (χ3n) is 2.97. The predicted octanol–water partition coefficient (Wildman–Crippen LogP) is 2.92. The van der Waals surface area contributed by atoms with Gasteiger partial charge in [-0.2, -0.15) is 0 Å². The fourth-order valence-electron chi connectivity index (χ4n) is 2.06. The number of likely N-dealkylation sites (tertiary alicyclic amines) is 1. The molecule has 2 aromatic rings. The normalized spacial score (nSPS) is 15.4. The smallest absolute Gasteiger partial charge is 0.321 e. The fraction of sp³-hybridized carbons (Fsp3) is 0.333. The van der Waals surface area contributed by atoms with E-state index in [1.165, 1.54) is 0 Å². The Hall–Kier alpha value is -1.62. The Morgan fingerprint density at radius 1 is 1.35 bits per heavy atom. The van der Waals surface area contributed by atoms with Gasteiger partial charge in [0.05, 0.1) is 15.7 Å². The molecule has 1 aromatic heterocycles. The average Bonchev–Trinajstić information content (AvgIpc) is 2.99. The molecule has 1 fully saturated rings. The zero-order valence-electron chi connectivity index (χ0n) is 9.35. The molecule has 1 aromatic carbocycles. The van der Waals surface area contributed by atoms with E-state index in [1.807, 2.05) is 28.6 Å². The molecule has 5 heteroatoms. The molecule has 0 radical (unpaired) electrons. The van der Waals surface area contributed by atoms with Crippen LogP contribution in [0.5, 0.6) is 0 Å². The first-order chi connectivity index (χ1) is 8.33. The van der Waals surface area contributed by atoms with Crippen molar-refractivity contribution in [1.29, 1.82) is 0 Å². The number of hydrogen-bond donors (Lipinski definition) is 1. The SMILES string of the molecule is O=C(Nc1ccc2scnc2c1)N1CCCC1. The lowest BCUT2D eigenvalue weighted by atomic mass is 10.3. The summed E-state index contributed by atoms with van der Waals surface area (Å²) in [6.45, 7) is 1.73. The van der Waals surface area contributed by atoms with Gasteiger partial charge in [0.25, 0.3) is 0 Å². The van der Waals surface area contributed by atoms with Crippen LogP contribution in [0.2, 0.25) is 0 Å². The van der Waals surface area contributed by atoms with Crippen molar-refractivity contribution in [2.24, 2.45) is 0 Å². The molecule has 0 spiro atoms. The second kappa shape index (κ2) is 4.33. The molecule has 88 valence electrons. The Kier molecular flexibility index (Phi) is 2.68. The predicted molar refractivity (Wildman–Crippen MR) is 69.4 cm³/mol. The van der Waals surface area contributed by atoms with Crippen LogP contribution < -0.4 is 5.32 Å². The van der Waals surface area contributed by atoms with Crippen molar-refractivity contribution < 1.29 is 4.79 Å². The summed E-state index contributed by atoms with van der Waals surface area (Å²) >= 11 is 1.61. The Morgan fingerprint density at radius 3 is 3.00 bits per heavy atom. The molecule has 0 aliphatic carbocycles. The highest BCUT2D eigenvalue weighted by Crippen LogP contribution is 2.22. The minimum atomic E-state index is -0.00270. The van der Waals surface area contributed by atoms with Gasteiger partial charge >= 0.3 is 6.03 Å². The summed E-state index contributed by atoms with van der Waals surface area (Å²) in [5.41, 5.74) is 3.58. The number of aromatic nitrogens is 1. The van der Waals surface area contributed by atoms with Gasteiger partial charge in [0.15, 0.2) is 0 Å². The van der Waals surface area contributed by atoms with Gasteiger partial charge < -0.3 is 10.2 Å². The van der Waals surface area contributed by atoms with E-state index in [1.54, 1.807) is 11.3 Å². The molecule has 2 heterocycles. The Bertz CT molecular complexity index is 545. The minimum absolute atomic E-state index is 0.00270. The Morgan fingerprint density at radius 2 is 2.18 bits per heavy atom. The van der Waals surface area contributed by atoms with Gasteiger partial charge in [-0.15, -0.1) is 11.3 Å². The van der Waals surface area contributed by atoms with E-state index in [-0.39, 0.29) is 6.03 Å². The summed E-state index contributed by atoms with van der Waals surface area (Å²) in [5, 5.41) is 2.92. The maximum atomic E-state index is 11.9. The molecular weight excluding hydrogens is 234 g/mol. The number of urea groups is 1. The first-order valence-corrected chi connectivity index (χ1v) is 6.60. The van der Waals surface area contributed by atoms with E-state index >= 15 is 0 Å². The second-order valence-corrected chi connectivity index (χ2v) is 5.05. The summed E-state index contributed by atoms with van der Waals surface area (Å²) in [5.74, 6) is 0. The van der Waals surface area contributed by atoms with Crippen molar-refractivity contribution in [3.63, 3.8) is 0 Å². The Balaban J connectivity index is 1.77. The van der Waals surface area contributed by atoms with Crippen LogP contribution in [0.4, 0.5) is 10.5 Å². The van der Waals surface area contributed by atoms with E-state index in [4.69, 9.17) is 0 Å². The largest absolute Gasteiger partial charge is 0.325 e. The van der Waals surface area contributed by atoms with Crippen LogP contribution in [0.25, 0.3) is 10.2 Å². The lowest BCUT2D eigenvalue weighted by Gasteiger charge is -2.16. The van der Waals surface area contributed by atoms with Gasteiger partial charge in [-0.25, -0.2) is 9.78 Å². The summed E-state index contributed by atoms with van der Waals surface area (Å²) in [4.78, 5) is 18.0. The molecule has 0 unspecified atom stereocenters. The molecule has 0 atom stereocenters. The standard InChI is InChI=1S/C12H13N3OS/c16-12(15-5-1-2-6-15)14-9-3-4-11-10(7-9)13-8-17-11/h3-4,7-8H,1-2,5-6H2,(H,14,16). The molecule has 0 saturated carbocycles. The molecule has 2 amide bonds. The third-order valence-corrected chi connectivity index (χ3v) is 3.78. The highest BCUT2D eigenvalue weighted by molar-refractivity contribution is 7.16. The molecule has 3 rings (SSSR count). The minimum Gasteiger partial charge on any atom is -0.325 e. The number of carbonyl (C=O) groups is 1. The number of nitrogens with zero attached hydrogens (tertiary/aromatic N) is 2. The van der Waals surface area contributed by atoms with Crippen molar-refractivity contribution in [3.05, 3.63) is 23.7 Å². The van der Waals surface area contributed by atoms with E-state index < -0.39 is 0 Å². The van der Waals surface area contributed by atoms with Crippen molar-refractivity contribution in [1.82, 2.24) is 9.88 Å². The van der Waals surface area contributed by atoms with Gasteiger partial charge in [0, 0.05) is 18.8 Å². The lowest BCUT2D eigenvalue weighted by Crippen LogP contribution is -2.32. The molecule has 17 heavy (non-hydrogen) atoms. The van der Waals surface area contributed by atoms with Crippen LogP contribution in [0.1, 0.15) is 12.8 Å². The molecule has 1 saturated heterocycles. The van der Waals surface area contributed by atoms with Gasteiger partial charge in [0.1, 0.15) is 0 Å². The number of amides is 2. The number of benzene rings is 1. The van der Waals surface area contributed by atoms with Crippen LogP contribution in [0, 0.1) is 0 Å². The van der Waals surface area contributed by atoms with Crippen LogP contribution in [0.3, 0.4) is 0 Å². The third kappa shape index (κ3) is 2.10. The van der Waals surface area contributed by atoms with E-state index in [9.17, 15) is 4.79 Å². The van der Waals surface area contributed by atoms with E-state index in [2.05, 4.69) is 10.3 Å². The number of anilines is 1. The first kappa shape index (κ1) is 10.5. The number of thiazole rings is 1. The molecule has 1 aliphatic heterocycles. The monoisotopic (exact) mass is 247 g/mol. The molecule has 1 N–H and O–H groups in total. The zero-order valence-corrected chi connectivity index (χ0v) is 10.2. The Labute approximate surface area is 103 Å². The summed E-state index contributed by atoms with van der Waals surface area (Å²) in [7, 11) is 0. The van der Waals surface area contributed by atoms with Gasteiger partial charge in [-0.3, -0.25) is 0 Å². The van der Waals surface area contributed by atoms with Crippen molar-refractivity contribution >= 4 is 33.3 Å². The second-order valence-electron chi connectivity index (χ2n) is 4.16. The van der Waals surface area contributed by atoms with Crippen LogP contribution in [-0.2, 0) is 0 Å². The molecule has 1 aliphatic rings. The molecule has 4 nitrogen and oxygen atoms in total. The fourth-order valence-corrected chi connectivity index (χ4v) is 2.72. The van der Waals surface area contributed by atoms with Crippen LogP contribution in [0.15, 0.2) is 23.7 Å². The molecule has 0 bridgehead atoms. The number of rotatable bonds is 1. The summed E-state index contributed by atoms with van der Waals surface area (Å²) in [6.07, 6.45) is 2.22.